The van der Waals surface area contributed by atoms with E-state index in [-0.39, 0.29) is 0 Å². The second kappa shape index (κ2) is 3.86. The Morgan fingerprint density at radius 1 is 1.40 bits per heavy atom. The molecule has 4 nitrogen and oxygen atoms in total. The van der Waals surface area contributed by atoms with Crippen LogP contribution in [0, 0.1) is 5.82 Å². The van der Waals surface area contributed by atoms with Gasteiger partial charge in [-0.25, -0.2) is 22.5 Å². The lowest BCUT2D eigenvalue weighted by molar-refractivity contribution is 0.482. The normalized spacial score (nSPS) is 12.8. The van der Waals surface area contributed by atoms with Gasteiger partial charge in [0.05, 0.1) is 0 Å². The zero-order chi connectivity index (χ0) is 11.7. The zero-order valence-corrected chi connectivity index (χ0v) is 9.60. The van der Waals surface area contributed by atoms with Crippen LogP contribution >= 0.6 is 0 Å². The van der Waals surface area contributed by atoms with E-state index in [0.717, 1.165) is 6.07 Å². The van der Waals surface area contributed by atoms with Crippen LogP contribution < -0.4 is 4.72 Å². The van der Waals surface area contributed by atoms with Crippen LogP contribution in [-0.4, -0.2) is 18.9 Å². The van der Waals surface area contributed by atoms with Crippen molar-refractivity contribution in [3.8, 4) is 0 Å². The molecule has 0 spiro atoms. The molecule has 0 bridgehead atoms. The largest absolute Gasteiger partial charge is 0.261 e. The molecule has 0 aliphatic heterocycles. The van der Waals surface area contributed by atoms with Gasteiger partial charge in [0.15, 0.2) is 5.82 Å². The van der Waals surface area contributed by atoms with E-state index >= 15 is 0 Å². The highest BCUT2D eigenvalue weighted by Crippen LogP contribution is 2.13. The molecule has 0 saturated carbocycles. The molecule has 1 N–H and O–H groups in total. The molecule has 0 unspecified atom stereocenters. The Labute approximate surface area is 88.6 Å². The molecular formula is C9H13FN2O2S. The van der Waals surface area contributed by atoms with Crippen LogP contribution in [0.3, 0.4) is 0 Å². The maximum atomic E-state index is 13.2. The molecule has 0 saturated heterocycles. The standard InChI is InChI=1S/C9H13FN2O2S/c1-9(2,3)12-15(13,14)8-7(10)5-4-6-11-8/h4-6,12H,1-3H3. The van der Waals surface area contributed by atoms with Crippen LogP contribution in [0.1, 0.15) is 20.8 Å². The molecule has 15 heavy (non-hydrogen) atoms. The van der Waals surface area contributed by atoms with Crippen LogP contribution in [0.25, 0.3) is 0 Å². The van der Waals surface area contributed by atoms with Gasteiger partial charge in [-0.05, 0) is 32.9 Å². The molecule has 1 aromatic heterocycles. The first kappa shape index (κ1) is 12.1. The van der Waals surface area contributed by atoms with E-state index in [1.807, 2.05) is 0 Å². The number of hydrogen-bond donors (Lipinski definition) is 1. The summed E-state index contributed by atoms with van der Waals surface area (Å²) >= 11 is 0. The van der Waals surface area contributed by atoms with E-state index in [1.165, 1.54) is 12.3 Å². The molecule has 6 heteroatoms. The van der Waals surface area contributed by atoms with Gasteiger partial charge in [0, 0.05) is 11.7 Å². The van der Waals surface area contributed by atoms with E-state index in [1.54, 1.807) is 20.8 Å². The minimum absolute atomic E-state index is 0.570. The molecule has 84 valence electrons. The summed E-state index contributed by atoms with van der Waals surface area (Å²) < 4.78 is 38.8. The van der Waals surface area contributed by atoms with Crippen LogP contribution in [0.15, 0.2) is 23.4 Å². The van der Waals surface area contributed by atoms with Crippen molar-refractivity contribution in [3.05, 3.63) is 24.1 Å². The third kappa shape index (κ3) is 3.24. The predicted molar refractivity (Wildman–Crippen MR) is 54.3 cm³/mol. The number of rotatable bonds is 2. The number of hydrogen-bond acceptors (Lipinski definition) is 3. The number of halogens is 1. The Bertz CT molecular complexity index is 451. The van der Waals surface area contributed by atoms with E-state index in [9.17, 15) is 12.8 Å². The number of pyridine rings is 1. The van der Waals surface area contributed by atoms with Crippen LogP contribution in [0.2, 0.25) is 0 Å². The smallest absolute Gasteiger partial charge is 0.241 e. The Morgan fingerprint density at radius 3 is 2.47 bits per heavy atom. The van der Waals surface area contributed by atoms with E-state index in [2.05, 4.69) is 9.71 Å². The summed E-state index contributed by atoms with van der Waals surface area (Å²) in [6, 6.07) is 2.40. The average molecular weight is 232 g/mol. The molecule has 0 fully saturated rings. The van der Waals surface area contributed by atoms with Crippen molar-refractivity contribution in [1.82, 2.24) is 9.71 Å². The number of aromatic nitrogens is 1. The summed E-state index contributed by atoms with van der Waals surface area (Å²) in [4.78, 5) is 3.51. The lowest BCUT2D eigenvalue weighted by atomic mass is 10.1. The van der Waals surface area contributed by atoms with Crippen LogP contribution in [0.5, 0.6) is 0 Å². The second-order valence-corrected chi connectivity index (χ2v) is 5.74. The Kier molecular flexibility index (Phi) is 3.11. The Balaban J connectivity index is 3.13. The highest BCUT2D eigenvalue weighted by molar-refractivity contribution is 7.89. The first-order valence-electron chi connectivity index (χ1n) is 4.37. The summed E-state index contributed by atoms with van der Waals surface area (Å²) in [6.07, 6.45) is 1.24. The third-order valence-corrected chi connectivity index (χ3v) is 3.11. The van der Waals surface area contributed by atoms with Gasteiger partial charge in [-0.1, -0.05) is 0 Å². The molecule has 0 amide bonds. The molecule has 0 radical (unpaired) electrons. The highest BCUT2D eigenvalue weighted by Gasteiger charge is 2.25. The lowest BCUT2D eigenvalue weighted by Gasteiger charge is -2.19. The number of nitrogens with one attached hydrogen (secondary N) is 1. The van der Waals surface area contributed by atoms with Crippen molar-refractivity contribution in [2.45, 2.75) is 31.3 Å². The van der Waals surface area contributed by atoms with Gasteiger partial charge in [0.1, 0.15) is 0 Å². The number of sulfonamides is 1. The molecule has 0 aliphatic carbocycles. The topological polar surface area (TPSA) is 59.1 Å². The fourth-order valence-corrected chi connectivity index (χ4v) is 2.45. The highest BCUT2D eigenvalue weighted by atomic mass is 32.2. The van der Waals surface area contributed by atoms with Crippen molar-refractivity contribution in [1.29, 1.82) is 0 Å². The van der Waals surface area contributed by atoms with Gasteiger partial charge in [0.2, 0.25) is 5.03 Å². The average Bonchev–Trinajstić information content (AvgIpc) is 1.99. The van der Waals surface area contributed by atoms with Crippen LogP contribution in [0.4, 0.5) is 4.39 Å². The van der Waals surface area contributed by atoms with Crippen molar-refractivity contribution in [2.75, 3.05) is 0 Å². The van der Waals surface area contributed by atoms with Gasteiger partial charge in [-0.15, -0.1) is 0 Å². The Hall–Kier alpha value is -1.01. The fraction of sp³-hybridized carbons (Fsp3) is 0.444. The minimum atomic E-state index is -3.88. The first-order valence-corrected chi connectivity index (χ1v) is 5.85. The minimum Gasteiger partial charge on any atom is -0.241 e. The SMILES string of the molecule is CC(C)(C)NS(=O)(=O)c1ncccc1F. The fourth-order valence-electron chi connectivity index (χ4n) is 1.02. The maximum absolute atomic E-state index is 13.2. The summed E-state index contributed by atoms with van der Waals surface area (Å²) in [6.45, 7) is 5.02. The molecule has 1 aromatic rings. The maximum Gasteiger partial charge on any atom is 0.261 e. The summed E-state index contributed by atoms with van der Waals surface area (Å²) in [5, 5.41) is -0.570. The number of nitrogens with zero attached hydrogens (tertiary/aromatic N) is 1. The van der Waals surface area contributed by atoms with Gasteiger partial charge < -0.3 is 0 Å². The molecule has 1 heterocycles. The summed E-state index contributed by atoms with van der Waals surface area (Å²) in [5.41, 5.74) is -0.664. The summed E-state index contributed by atoms with van der Waals surface area (Å²) in [7, 11) is -3.88. The Morgan fingerprint density at radius 2 is 2.00 bits per heavy atom. The summed E-state index contributed by atoms with van der Waals surface area (Å²) in [5.74, 6) is -0.853. The quantitative estimate of drug-likeness (QED) is 0.836. The van der Waals surface area contributed by atoms with Crippen molar-refractivity contribution >= 4 is 10.0 Å². The lowest BCUT2D eigenvalue weighted by Crippen LogP contribution is -2.41. The van der Waals surface area contributed by atoms with Gasteiger partial charge in [0.25, 0.3) is 10.0 Å². The van der Waals surface area contributed by atoms with E-state index in [0.29, 0.717) is 0 Å². The van der Waals surface area contributed by atoms with Crippen LogP contribution in [-0.2, 0) is 10.0 Å². The third-order valence-electron chi connectivity index (χ3n) is 1.42. The van der Waals surface area contributed by atoms with Crippen molar-refractivity contribution < 1.29 is 12.8 Å². The zero-order valence-electron chi connectivity index (χ0n) is 8.78. The van der Waals surface area contributed by atoms with Gasteiger partial charge in [-0.3, -0.25) is 0 Å². The van der Waals surface area contributed by atoms with Crippen molar-refractivity contribution in [3.63, 3.8) is 0 Å². The predicted octanol–water partition coefficient (Wildman–Crippen LogP) is 1.30. The molecule has 0 aliphatic rings. The molecule has 0 aromatic carbocycles. The van der Waals surface area contributed by atoms with Gasteiger partial charge in [-0.2, -0.15) is 0 Å². The van der Waals surface area contributed by atoms with Crippen molar-refractivity contribution in [2.24, 2.45) is 0 Å². The monoisotopic (exact) mass is 232 g/mol. The molecule has 1 rings (SSSR count). The first-order chi connectivity index (χ1) is 6.72. The molecule has 0 atom stereocenters. The van der Waals surface area contributed by atoms with E-state index in [4.69, 9.17) is 0 Å². The molecular weight excluding hydrogens is 219 g/mol. The van der Waals surface area contributed by atoms with Gasteiger partial charge >= 0.3 is 0 Å². The van der Waals surface area contributed by atoms with E-state index < -0.39 is 26.4 Å². The second-order valence-electron chi connectivity index (χ2n) is 4.15.